The number of amidine groups is 1. The van der Waals surface area contributed by atoms with E-state index in [9.17, 15) is 14.4 Å². The van der Waals surface area contributed by atoms with Crippen LogP contribution in [0, 0.1) is 5.41 Å². The summed E-state index contributed by atoms with van der Waals surface area (Å²) in [6, 6.07) is 0. The van der Waals surface area contributed by atoms with Crippen molar-refractivity contribution in [1.82, 2.24) is 4.90 Å². The van der Waals surface area contributed by atoms with Crippen molar-refractivity contribution in [3.63, 3.8) is 0 Å². The highest BCUT2D eigenvalue weighted by atomic mass is 16.5. The summed E-state index contributed by atoms with van der Waals surface area (Å²) in [5, 5.41) is 7.50. The molecule has 0 aromatic rings. The molecule has 1 amide bonds. The van der Waals surface area contributed by atoms with Crippen LogP contribution in [0.25, 0.3) is 0 Å². The Bertz CT molecular complexity index is 354. The smallest absolute Gasteiger partial charge is 0.307 e. The summed E-state index contributed by atoms with van der Waals surface area (Å²) < 4.78 is 8.94. The van der Waals surface area contributed by atoms with Gasteiger partial charge >= 0.3 is 11.9 Å². The number of nitrogens with one attached hydrogen (secondary N) is 1. The van der Waals surface area contributed by atoms with Crippen LogP contribution < -0.4 is 0 Å². The summed E-state index contributed by atoms with van der Waals surface area (Å²) in [6.07, 6.45) is 0.680. The number of hydrogen-bond acceptors (Lipinski definition) is 6. The van der Waals surface area contributed by atoms with Gasteiger partial charge in [0.1, 0.15) is 0 Å². The van der Waals surface area contributed by atoms with Crippen molar-refractivity contribution in [3.05, 3.63) is 0 Å². The Morgan fingerprint density at radius 1 is 1.00 bits per heavy atom. The molecule has 0 saturated carbocycles. The first-order chi connectivity index (χ1) is 8.92. The third kappa shape index (κ3) is 7.17. The Kier molecular flexibility index (Phi) is 8.15. The summed E-state index contributed by atoms with van der Waals surface area (Å²) in [6.45, 7) is 1.58. The van der Waals surface area contributed by atoms with Gasteiger partial charge in [0.15, 0.2) is 0 Å². The Morgan fingerprint density at radius 3 is 2.00 bits per heavy atom. The van der Waals surface area contributed by atoms with Gasteiger partial charge in [0.25, 0.3) is 0 Å². The highest BCUT2D eigenvalue weighted by molar-refractivity contribution is 5.95. The fraction of sp³-hybridized carbons (Fsp3) is 0.667. The van der Waals surface area contributed by atoms with Crippen molar-refractivity contribution in [2.45, 2.75) is 32.6 Å². The van der Waals surface area contributed by atoms with Crippen LogP contribution in [0.3, 0.4) is 0 Å². The van der Waals surface area contributed by atoms with Gasteiger partial charge in [0.05, 0.1) is 26.5 Å². The standard InChI is InChI=1S/C12H20N2O5/c1-9(13)14(8-7-12(17)19-3)10(15)5-4-6-11(16)18-2/h13H,4-8H2,1-3H3. The minimum absolute atomic E-state index is 0.0372. The molecule has 0 rings (SSSR count). The highest BCUT2D eigenvalue weighted by Crippen LogP contribution is 2.04. The number of methoxy groups -OCH3 is 2. The SMILES string of the molecule is COC(=O)CCCC(=O)N(CCC(=O)OC)C(C)=N. The summed E-state index contributed by atoms with van der Waals surface area (Å²) in [7, 11) is 2.55. The summed E-state index contributed by atoms with van der Waals surface area (Å²) >= 11 is 0. The second-order valence-corrected chi connectivity index (χ2v) is 3.89. The fourth-order valence-corrected chi connectivity index (χ4v) is 1.41. The molecule has 0 radical (unpaired) electrons. The van der Waals surface area contributed by atoms with Gasteiger partial charge in [-0.05, 0) is 13.3 Å². The van der Waals surface area contributed by atoms with E-state index in [1.54, 1.807) is 0 Å². The zero-order valence-electron chi connectivity index (χ0n) is 11.5. The average Bonchev–Trinajstić information content (AvgIpc) is 2.37. The van der Waals surface area contributed by atoms with Gasteiger partial charge in [-0.3, -0.25) is 19.8 Å². The van der Waals surface area contributed by atoms with Crippen molar-refractivity contribution in [3.8, 4) is 0 Å². The first-order valence-electron chi connectivity index (χ1n) is 5.91. The van der Waals surface area contributed by atoms with Crippen molar-refractivity contribution >= 4 is 23.7 Å². The quantitative estimate of drug-likeness (QED) is 0.418. The second-order valence-electron chi connectivity index (χ2n) is 3.89. The van der Waals surface area contributed by atoms with Crippen molar-refractivity contribution in [1.29, 1.82) is 5.41 Å². The van der Waals surface area contributed by atoms with Gasteiger partial charge in [0.2, 0.25) is 5.91 Å². The molecule has 0 saturated heterocycles. The maximum absolute atomic E-state index is 11.8. The summed E-state index contributed by atoms with van der Waals surface area (Å²) in [5.74, 6) is -1.04. The fourth-order valence-electron chi connectivity index (χ4n) is 1.41. The van der Waals surface area contributed by atoms with E-state index >= 15 is 0 Å². The topological polar surface area (TPSA) is 96.8 Å². The van der Waals surface area contributed by atoms with Crippen LogP contribution in [0.15, 0.2) is 0 Å². The van der Waals surface area contributed by atoms with E-state index in [0.29, 0.717) is 6.42 Å². The number of hydrogen-bond donors (Lipinski definition) is 1. The molecule has 0 atom stereocenters. The van der Waals surface area contributed by atoms with Crippen LogP contribution in [-0.2, 0) is 23.9 Å². The Hall–Kier alpha value is -1.92. The first kappa shape index (κ1) is 17.1. The van der Waals surface area contributed by atoms with Crippen molar-refractivity contribution < 1.29 is 23.9 Å². The zero-order valence-corrected chi connectivity index (χ0v) is 11.5. The third-order valence-electron chi connectivity index (χ3n) is 2.47. The van der Waals surface area contributed by atoms with E-state index in [0.717, 1.165) is 0 Å². The summed E-state index contributed by atoms with van der Waals surface area (Å²) in [4.78, 5) is 35.0. The van der Waals surface area contributed by atoms with Crippen LogP contribution in [0.5, 0.6) is 0 Å². The lowest BCUT2D eigenvalue weighted by Gasteiger charge is -2.20. The lowest BCUT2D eigenvalue weighted by molar-refractivity contribution is -0.141. The molecule has 0 aliphatic rings. The lowest BCUT2D eigenvalue weighted by Crippen LogP contribution is -2.36. The van der Waals surface area contributed by atoms with Gasteiger partial charge in [-0.15, -0.1) is 0 Å². The summed E-state index contributed by atoms with van der Waals surface area (Å²) in [5.41, 5.74) is 0. The number of carbonyl (C=O) groups excluding carboxylic acids is 3. The van der Waals surface area contributed by atoms with Gasteiger partial charge in [-0.25, -0.2) is 0 Å². The van der Waals surface area contributed by atoms with E-state index in [1.807, 2.05) is 0 Å². The van der Waals surface area contributed by atoms with Crippen LogP contribution >= 0.6 is 0 Å². The molecule has 0 aliphatic heterocycles. The van der Waals surface area contributed by atoms with E-state index in [2.05, 4.69) is 9.47 Å². The van der Waals surface area contributed by atoms with Crippen LogP contribution in [0.1, 0.15) is 32.6 Å². The molecular formula is C12H20N2O5. The Labute approximate surface area is 112 Å². The number of rotatable bonds is 7. The molecule has 1 N–H and O–H groups in total. The molecule has 108 valence electrons. The van der Waals surface area contributed by atoms with Gasteiger partial charge in [-0.2, -0.15) is 0 Å². The predicted molar refractivity (Wildman–Crippen MR) is 67.6 cm³/mol. The number of ether oxygens (including phenoxy) is 2. The number of nitrogens with zero attached hydrogens (tertiary/aromatic N) is 1. The Morgan fingerprint density at radius 2 is 1.53 bits per heavy atom. The van der Waals surface area contributed by atoms with Gasteiger partial charge in [0, 0.05) is 19.4 Å². The molecule has 0 aromatic carbocycles. The van der Waals surface area contributed by atoms with E-state index in [4.69, 9.17) is 5.41 Å². The molecule has 19 heavy (non-hydrogen) atoms. The number of carbonyl (C=O) groups is 3. The second kappa shape index (κ2) is 9.07. The lowest BCUT2D eigenvalue weighted by atomic mass is 10.2. The normalized spacial score (nSPS) is 9.63. The average molecular weight is 272 g/mol. The highest BCUT2D eigenvalue weighted by Gasteiger charge is 2.17. The largest absolute Gasteiger partial charge is 0.469 e. The molecule has 0 heterocycles. The predicted octanol–water partition coefficient (Wildman–Crippen LogP) is 0.719. The third-order valence-corrected chi connectivity index (χ3v) is 2.47. The van der Waals surface area contributed by atoms with Crippen molar-refractivity contribution in [2.24, 2.45) is 0 Å². The Balaban J connectivity index is 4.22. The molecule has 0 spiro atoms. The van der Waals surface area contributed by atoms with Crippen LogP contribution in [0.2, 0.25) is 0 Å². The number of esters is 2. The van der Waals surface area contributed by atoms with Crippen LogP contribution in [-0.4, -0.2) is 49.3 Å². The molecule has 0 aliphatic carbocycles. The monoisotopic (exact) mass is 272 g/mol. The van der Waals surface area contributed by atoms with Gasteiger partial charge < -0.3 is 14.4 Å². The van der Waals surface area contributed by atoms with Gasteiger partial charge in [-0.1, -0.05) is 0 Å². The van der Waals surface area contributed by atoms with E-state index in [1.165, 1.54) is 26.0 Å². The zero-order chi connectivity index (χ0) is 14.8. The molecule has 0 aromatic heterocycles. The molecule has 7 heteroatoms. The van der Waals surface area contributed by atoms with E-state index in [-0.39, 0.29) is 43.5 Å². The minimum atomic E-state index is -0.436. The van der Waals surface area contributed by atoms with E-state index < -0.39 is 5.97 Å². The molecule has 0 unspecified atom stereocenters. The molecule has 0 bridgehead atoms. The molecule has 7 nitrogen and oxygen atoms in total. The molecular weight excluding hydrogens is 252 g/mol. The molecule has 0 fully saturated rings. The van der Waals surface area contributed by atoms with Crippen molar-refractivity contribution in [2.75, 3.05) is 20.8 Å². The number of amides is 1. The maximum atomic E-state index is 11.8. The maximum Gasteiger partial charge on any atom is 0.307 e. The minimum Gasteiger partial charge on any atom is -0.469 e. The first-order valence-corrected chi connectivity index (χ1v) is 5.91. The van der Waals surface area contributed by atoms with Crippen LogP contribution in [0.4, 0.5) is 0 Å².